The lowest BCUT2D eigenvalue weighted by Crippen LogP contribution is -2.35. The van der Waals surface area contributed by atoms with E-state index in [0.29, 0.717) is 5.69 Å². The molecule has 0 heterocycles. The average molecular weight is 221 g/mol. The van der Waals surface area contributed by atoms with Crippen molar-refractivity contribution in [3.05, 3.63) is 29.8 Å². The van der Waals surface area contributed by atoms with Crippen molar-refractivity contribution in [1.29, 1.82) is 0 Å². The Balaban J connectivity index is 2.90. The number of nitrogens with zero attached hydrogens (tertiary/aromatic N) is 1. The van der Waals surface area contributed by atoms with Crippen molar-refractivity contribution in [2.75, 3.05) is 11.9 Å². The Morgan fingerprint density at radius 3 is 2.50 bits per heavy atom. The fourth-order valence-corrected chi connectivity index (χ4v) is 1.36. The van der Waals surface area contributed by atoms with Crippen LogP contribution in [0.25, 0.3) is 0 Å². The quantitative estimate of drug-likeness (QED) is 0.790. The molecule has 0 aromatic heterocycles. The fraction of sp³-hybridized carbons (Fsp3) is 0.333. The van der Waals surface area contributed by atoms with Gasteiger partial charge in [-0.1, -0.05) is 12.1 Å². The van der Waals surface area contributed by atoms with E-state index in [0.717, 1.165) is 5.56 Å². The van der Waals surface area contributed by atoms with E-state index in [1.165, 1.54) is 11.8 Å². The van der Waals surface area contributed by atoms with E-state index in [-0.39, 0.29) is 0 Å². The van der Waals surface area contributed by atoms with Crippen molar-refractivity contribution >= 4 is 17.6 Å². The van der Waals surface area contributed by atoms with Crippen LogP contribution in [0.2, 0.25) is 0 Å². The molecule has 0 saturated heterocycles. The van der Waals surface area contributed by atoms with E-state index in [2.05, 4.69) is 0 Å². The Hall–Kier alpha value is -1.84. The van der Waals surface area contributed by atoms with Crippen LogP contribution >= 0.6 is 0 Å². The number of benzene rings is 1. The highest BCUT2D eigenvalue weighted by Gasteiger charge is 2.24. The van der Waals surface area contributed by atoms with Gasteiger partial charge in [-0.05, 0) is 31.5 Å². The topological polar surface area (TPSA) is 57.6 Å². The highest BCUT2D eigenvalue weighted by Crippen LogP contribution is 2.16. The van der Waals surface area contributed by atoms with Crippen molar-refractivity contribution < 1.29 is 14.7 Å². The number of carboxylic acids is 1. The molecule has 0 spiro atoms. The van der Waals surface area contributed by atoms with Crippen molar-refractivity contribution in [2.24, 2.45) is 5.92 Å². The third-order valence-corrected chi connectivity index (χ3v) is 2.46. The zero-order chi connectivity index (χ0) is 12.3. The molecule has 0 aliphatic heterocycles. The maximum Gasteiger partial charge on any atom is 0.315 e. The molecular weight excluding hydrogens is 206 g/mol. The first-order valence-corrected chi connectivity index (χ1v) is 5.00. The van der Waals surface area contributed by atoms with Crippen molar-refractivity contribution in [3.63, 3.8) is 0 Å². The van der Waals surface area contributed by atoms with Crippen LogP contribution in [0.5, 0.6) is 0 Å². The normalized spacial score (nSPS) is 11.9. The standard InChI is InChI=1S/C12H15NO3/c1-8-5-4-6-10(7-8)13(3)11(14)9(2)12(15)16/h4-7,9H,1-3H3,(H,15,16). The smallest absolute Gasteiger partial charge is 0.315 e. The summed E-state index contributed by atoms with van der Waals surface area (Å²) >= 11 is 0. The molecule has 4 heteroatoms. The number of rotatable bonds is 3. The Labute approximate surface area is 94.5 Å². The minimum Gasteiger partial charge on any atom is -0.481 e. The summed E-state index contributed by atoms with van der Waals surface area (Å²) in [6.07, 6.45) is 0. The first-order chi connectivity index (χ1) is 7.43. The Morgan fingerprint density at radius 1 is 1.38 bits per heavy atom. The molecule has 0 radical (unpaired) electrons. The summed E-state index contributed by atoms with van der Waals surface area (Å²) in [6, 6.07) is 7.37. The fourth-order valence-electron chi connectivity index (χ4n) is 1.36. The molecule has 1 N–H and O–H groups in total. The molecule has 1 unspecified atom stereocenters. The maximum atomic E-state index is 11.7. The van der Waals surface area contributed by atoms with Crippen molar-refractivity contribution in [1.82, 2.24) is 0 Å². The van der Waals surface area contributed by atoms with Crippen LogP contribution in [0.15, 0.2) is 24.3 Å². The molecule has 1 rings (SSSR count). The second kappa shape index (κ2) is 4.79. The molecular formula is C12H15NO3. The summed E-state index contributed by atoms with van der Waals surface area (Å²) in [5.41, 5.74) is 1.73. The molecule has 0 bridgehead atoms. The second-order valence-electron chi connectivity index (χ2n) is 3.80. The number of amides is 1. The van der Waals surface area contributed by atoms with Gasteiger partial charge in [-0.25, -0.2) is 0 Å². The zero-order valence-electron chi connectivity index (χ0n) is 9.60. The Kier molecular flexibility index (Phi) is 3.66. The van der Waals surface area contributed by atoms with E-state index >= 15 is 0 Å². The highest BCUT2D eigenvalue weighted by molar-refractivity contribution is 6.05. The number of aryl methyl sites for hydroxylation is 1. The van der Waals surface area contributed by atoms with Gasteiger partial charge in [0.2, 0.25) is 5.91 Å². The van der Waals surface area contributed by atoms with Gasteiger partial charge in [-0.3, -0.25) is 9.59 Å². The summed E-state index contributed by atoms with van der Waals surface area (Å²) in [4.78, 5) is 23.8. The minimum absolute atomic E-state index is 0.418. The van der Waals surface area contributed by atoms with Gasteiger partial charge in [0, 0.05) is 12.7 Å². The van der Waals surface area contributed by atoms with E-state index in [9.17, 15) is 9.59 Å². The van der Waals surface area contributed by atoms with Gasteiger partial charge in [0.25, 0.3) is 0 Å². The monoisotopic (exact) mass is 221 g/mol. The van der Waals surface area contributed by atoms with Gasteiger partial charge in [0.1, 0.15) is 5.92 Å². The Bertz CT molecular complexity index is 414. The molecule has 0 saturated carbocycles. The van der Waals surface area contributed by atoms with Gasteiger partial charge in [-0.15, -0.1) is 0 Å². The van der Waals surface area contributed by atoms with Crippen molar-refractivity contribution in [2.45, 2.75) is 13.8 Å². The average Bonchev–Trinajstić information content (AvgIpc) is 2.26. The van der Waals surface area contributed by atoms with Crippen LogP contribution in [0.4, 0.5) is 5.69 Å². The number of carbonyl (C=O) groups excluding carboxylic acids is 1. The molecule has 1 atom stereocenters. The molecule has 0 aliphatic carbocycles. The van der Waals surface area contributed by atoms with Crippen LogP contribution in [0, 0.1) is 12.8 Å². The molecule has 4 nitrogen and oxygen atoms in total. The number of hydrogen-bond donors (Lipinski definition) is 1. The van der Waals surface area contributed by atoms with E-state index in [4.69, 9.17) is 5.11 Å². The van der Waals surface area contributed by atoms with Gasteiger partial charge in [-0.2, -0.15) is 0 Å². The van der Waals surface area contributed by atoms with Crippen LogP contribution in [-0.2, 0) is 9.59 Å². The SMILES string of the molecule is Cc1cccc(N(C)C(=O)C(C)C(=O)O)c1. The van der Waals surface area contributed by atoms with Gasteiger partial charge < -0.3 is 10.0 Å². The summed E-state index contributed by atoms with van der Waals surface area (Å²) in [7, 11) is 1.58. The first kappa shape index (κ1) is 12.2. The summed E-state index contributed by atoms with van der Waals surface area (Å²) in [5, 5.41) is 8.76. The maximum absolute atomic E-state index is 11.7. The summed E-state index contributed by atoms with van der Waals surface area (Å²) < 4.78 is 0. The number of aliphatic carboxylic acids is 1. The molecule has 16 heavy (non-hydrogen) atoms. The summed E-state index contributed by atoms with van der Waals surface area (Å²) in [5.74, 6) is -2.55. The van der Waals surface area contributed by atoms with Crippen LogP contribution in [0.1, 0.15) is 12.5 Å². The van der Waals surface area contributed by atoms with Gasteiger partial charge in [0.05, 0.1) is 0 Å². The lowest BCUT2D eigenvalue weighted by Gasteiger charge is -2.19. The number of anilines is 1. The van der Waals surface area contributed by atoms with Gasteiger partial charge >= 0.3 is 5.97 Å². The third-order valence-electron chi connectivity index (χ3n) is 2.46. The summed E-state index contributed by atoms with van der Waals surface area (Å²) in [6.45, 7) is 3.30. The number of hydrogen-bond acceptors (Lipinski definition) is 2. The number of carbonyl (C=O) groups is 2. The first-order valence-electron chi connectivity index (χ1n) is 5.00. The van der Waals surface area contributed by atoms with E-state index < -0.39 is 17.8 Å². The second-order valence-corrected chi connectivity index (χ2v) is 3.80. The predicted octanol–water partition coefficient (Wildman–Crippen LogP) is 1.68. The molecule has 0 fully saturated rings. The number of carboxylic acid groups (broad SMARTS) is 1. The largest absolute Gasteiger partial charge is 0.481 e. The van der Waals surface area contributed by atoms with Crippen molar-refractivity contribution in [3.8, 4) is 0 Å². The zero-order valence-corrected chi connectivity index (χ0v) is 9.60. The predicted molar refractivity (Wildman–Crippen MR) is 61.4 cm³/mol. The molecule has 0 aliphatic rings. The highest BCUT2D eigenvalue weighted by atomic mass is 16.4. The van der Waals surface area contributed by atoms with Crippen LogP contribution < -0.4 is 4.90 Å². The lowest BCUT2D eigenvalue weighted by atomic mass is 10.1. The molecule has 1 amide bonds. The van der Waals surface area contributed by atoms with E-state index in [1.54, 1.807) is 13.1 Å². The van der Waals surface area contributed by atoms with Crippen LogP contribution in [-0.4, -0.2) is 24.0 Å². The minimum atomic E-state index is -1.11. The molecule has 1 aromatic carbocycles. The van der Waals surface area contributed by atoms with E-state index in [1.807, 2.05) is 25.1 Å². The molecule has 86 valence electrons. The van der Waals surface area contributed by atoms with Gasteiger partial charge in [0.15, 0.2) is 0 Å². The Morgan fingerprint density at radius 2 is 2.00 bits per heavy atom. The lowest BCUT2D eigenvalue weighted by molar-refractivity contribution is -0.145. The van der Waals surface area contributed by atoms with Crippen LogP contribution in [0.3, 0.4) is 0 Å². The third kappa shape index (κ3) is 2.59. The molecule has 1 aromatic rings.